The van der Waals surface area contributed by atoms with Crippen molar-refractivity contribution in [1.29, 1.82) is 0 Å². The Morgan fingerprint density at radius 2 is 0.918 bits per heavy atom. The highest BCUT2D eigenvalue weighted by Crippen LogP contribution is 2.42. The minimum absolute atomic E-state index is 0.0882. The summed E-state index contributed by atoms with van der Waals surface area (Å²) in [6, 6.07) is 0. The molecule has 2 atom stereocenters. The molecule has 0 aromatic carbocycles. The van der Waals surface area contributed by atoms with E-state index in [-0.39, 0.29) is 32.1 Å². The molecule has 2 unspecified atom stereocenters. The second-order valence-electron chi connectivity index (χ2n) is 14.0. The largest absolute Gasteiger partial charge is 0.472 e. The Hall–Kier alpha value is -0.990. The van der Waals surface area contributed by atoms with Crippen LogP contribution in [0.1, 0.15) is 206 Å². The molecule has 0 fully saturated rings. The second-order valence-corrected chi connectivity index (χ2v) is 15.4. The number of ether oxygens (including phenoxy) is 1. The summed E-state index contributed by atoms with van der Waals surface area (Å²) in [5, 5.41) is 12.6. The Bertz CT molecular complexity index is 784. The van der Waals surface area contributed by atoms with Crippen LogP contribution in [0.15, 0.2) is 0 Å². The predicted molar refractivity (Wildman–Crippen MR) is 202 cm³/mol. The molecule has 0 radical (unpaired) electrons. The van der Waals surface area contributed by atoms with E-state index in [1.807, 2.05) is 0 Å². The summed E-state index contributed by atoms with van der Waals surface area (Å²) < 4.78 is 26.8. The van der Waals surface area contributed by atoms with Crippen LogP contribution in [0, 0.1) is 0 Å². The van der Waals surface area contributed by atoms with Crippen molar-refractivity contribution in [2.24, 2.45) is 0 Å². The van der Waals surface area contributed by atoms with Crippen LogP contribution in [0.2, 0.25) is 0 Å². The Balaban J connectivity index is 3.54. The molecule has 292 valence electrons. The minimum atomic E-state index is -4.40. The molecular formula is C39H78NO8P. The van der Waals surface area contributed by atoms with Gasteiger partial charge in [0.25, 0.3) is 0 Å². The van der Waals surface area contributed by atoms with Crippen molar-refractivity contribution in [3.8, 4) is 0 Å². The summed E-state index contributed by atoms with van der Waals surface area (Å²) in [5.74, 6) is -0.508. The second kappa shape index (κ2) is 36.8. The van der Waals surface area contributed by atoms with Gasteiger partial charge in [0.15, 0.2) is 0 Å². The van der Waals surface area contributed by atoms with Crippen LogP contribution < -0.4 is 5.32 Å². The molecule has 0 aromatic rings. The third-order valence-electron chi connectivity index (χ3n) is 9.04. The van der Waals surface area contributed by atoms with E-state index in [0.717, 1.165) is 38.5 Å². The number of carbonyl (C=O) groups excluding carboxylic acids is 2. The van der Waals surface area contributed by atoms with Gasteiger partial charge in [0.2, 0.25) is 5.91 Å². The summed E-state index contributed by atoms with van der Waals surface area (Å²) in [7, 11) is -4.40. The zero-order valence-electron chi connectivity index (χ0n) is 31.9. The first kappa shape index (κ1) is 48.0. The number of hydrogen-bond donors (Lipinski definition) is 3. The van der Waals surface area contributed by atoms with Gasteiger partial charge in [-0.15, -0.1) is 0 Å². The van der Waals surface area contributed by atoms with Crippen LogP contribution in [-0.2, 0) is 27.9 Å². The fraction of sp³-hybridized carbons (Fsp3) is 0.949. The highest BCUT2D eigenvalue weighted by molar-refractivity contribution is 7.47. The molecule has 0 aliphatic carbocycles. The van der Waals surface area contributed by atoms with E-state index in [9.17, 15) is 24.2 Å². The average molecular weight is 720 g/mol. The number of esters is 1. The van der Waals surface area contributed by atoms with E-state index >= 15 is 0 Å². The Morgan fingerprint density at radius 1 is 0.551 bits per heavy atom. The van der Waals surface area contributed by atoms with Crippen LogP contribution in [-0.4, -0.2) is 54.3 Å². The van der Waals surface area contributed by atoms with Crippen molar-refractivity contribution in [2.75, 3.05) is 26.4 Å². The van der Waals surface area contributed by atoms with Gasteiger partial charge in [-0.3, -0.25) is 18.6 Å². The molecule has 0 aromatic heterocycles. The topological polar surface area (TPSA) is 131 Å². The van der Waals surface area contributed by atoms with Gasteiger partial charge in [-0.2, -0.15) is 0 Å². The predicted octanol–water partition coefficient (Wildman–Crippen LogP) is 10.9. The summed E-state index contributed by atoms with van der Waals surface area (Å²) in [4.78, 5) is 33.8. The lowest BCUT2D eigenvalue weighted by molar-refractivity contribution is -0.147. The van der Waals surface area contributed by atoms with Crippen molar-refractivity contribution in [1.82, 2.24) is 5.32 Å². The molecule has 49 heavy (non-hydrogen) atoms. The lowest BCUT2D eigenvalue weighted by Gasteiger charge is -2.15. The number of aliphatic hydroxyl groups is 1. The van der Waals surface area contributed by atoms with Crippen molar-refractivity contribution in [3.05, 3.63) is 0 Å². The van der Waals surface area contributed by atoms with Crippen molar-refractivity contribution < 1.29 is 37.9 Å². The van der Waals surface area contributed by atoms with Crippen LogP contribution in [0.4, 0.5) is 0 Å². The van der Waals surface area contributed by atoms with Crippen LogP contribution in [0.5, 0.6) is 0 Å². The first-order valence-corrected chi connectivity index (χ1v) is 22.0. The van der Waals surface area contributed by atoms with Gasteiger partial charge in [0, 0.05) is 19.4 Å². The third kappa shape index (κ3) is 38.1. The molecule has 3 N–H and O–H groups in total. The summed E-state index contributed by atoms with van der Waals surface area (Å²) >= 11 is 0. The van der Waals surface area contributed by atoms with E-state index < -0.39 is 26.5 Å². The van der Waals surface area contributed by atoms with Crippen molar-refractivity contribution in [2.45, 2.75) is 213 Å². The van der Waals surface area contributed by atoms with Gasteiger partial charge in [-0.1, -0.05) is 181 Å². The number of hydrogen-bond acceptors (Lipinski definition) is 7. The molecule has 1 amide bonds. The fourth-order valence-corrected chi connectivity index (χ4v) is 6.67. The number of amides is 1. The van der Waals surface area contributed by atoms with E-state index in [4.69, 9.17) is 13.8 Å². The molecule has 0 rings (SSSR count). The molecule has 0 spiro atoms. The number of carbonyl (C=O) groups is 2. The van der Waals surface area contributed by atoms with E-state index in [1.165, 1.54) is 141 Å². The lowest BCUT2D eigenvalue weighted by atomic mass is 10.0. The number of phosphoric acid groups is 1. The zero-order chi connectivity index (χ0) is 36.1. The molecule has 0 aliphatic rings. The van der Waals surface area contributed by atoms with Crippen LogP contribution in [0.3, 0.4) is 0 Å². The summed E-state index contributed by atoms with van der Waals surface area (Å²) in [5.41, 5.74) is 0. The Morgan fingerprint density at radius 3 is 1.33 bits per heavy atom. The van der Waals surface area contributed by atoms with Gasteiger partial charge in [0.05, 0.1) is 13.2 Å². The Labute approximate surface area is 301 Å². The first-order valence-electron chi connectivity index (χ1n) is 20.5. The smallest absolute Gasteiger partial charge is 0.463 e. The monoisotopic (exact) mass is 720 g/mol. The van der Waals surface area contributed by atoms with Gasteiger partial charge in [0.1, 0.15) is 12.7 Å². The first-order chi connectivity index (χ1) is 23.8. The zero-order valence-corrected chi connectivity index (χ0v) is 32.8. The summed E-state index contributed by atoms with van der Waals surface area (Å²) in [6.07, 6.45) is 34.7. The lowest BCUT2D eigenvalue weighted by Crippen LogP contribution is -2.27. The maximum Gasteiger partial charge on any atom is 0.472 e. The average Bonchev–Trinajstić information content (AvgIpc) is 3.08. The SMILES string of the molecule is CCCCCCCCCCCCCCCCCCCCC(=O)NCCOP(=O)(O)OCC(O)COC(=O)CCCCCCCCCCCC. The van der Waals surface area contributed by atoms with Gasteiger partial charge >= 0.3 is 13.8 Å². The molecule has 0 heterocycles. The Kier molecular flexibility index (Phi) is 36.0. The number of rotatable bonds is 39. The summed E-state index contributed by atoms with van der Waals surface area (Å²) in [6.45, 7) is 3.56. The van der Waals surface area contributed by atoms with Gasteiger partial charge < -0.3 is 20.1 Å². The molecular weight excluding hydrogens is 641 g/mol. The van der Waals surface area contributed by atoms with Gasteiger partial charge in [-0.05, 0) is 12.8 Å². The quantitative estimate of drug-likeness (QED) is 0.0325. The van der Waals surface area contributed by atoms with E-state index in [0.29, 0.717) is 6.42 Å². The highest BCUT2D eigenvalue weighted by Gasteiger charge is 2.23. The maximum atomic E-state index is 12.0. The van der Waals surface area contributed by atoms with Gasteiger partial charge in [-0.25, -0.2) is 4.57 Å². The number of aliphatic hydroxyl groups excluding tert-OH is 1. The molecule has 9 nitrogen and oxygen atoms in total. The number of nitrogens with one attached hydrogen (secondary N) is 1. The highest BCUT2D eigenvalue weighted by atomic mass is 31.2. The molecule has 0 bridgehead atoms. The van der Waals surface area contributed by atoms with Crippen LogP contribution >= 0.6 is 7.82 Å². The molecule has 10 heteroatoms. The molecule has 0 saturated heterocycles. The van der Waals surface area contributed by atoms with Crippen molar-refractivity contribution >= 4 is 19.7 Å². The van der Waals surface area contributed by atoms with Crippen LogP contribution in [0.25, 0.3) is 0 Å². The standard InChI is InChI=1S/C39H78NO8P/c1-3-5-7-9-11-13-15-16-17-18-19-20-21-22-23-25-27-29-31-38(42)40-33-34-47-49(44,45)48-36-37(41)35-46-39(43)32-30-28-26-24-14-12-10-8-6-4-2/h37,41H,3-36H2,1-2H3,(H,40,42)(H,44,45). The molecule has 0 saturated carbocycles. The number of unbranched alkanes of at least 4 members (excludes halogenated alkanes) is 26. The maximum absolute atomic E-state index is 12.0. The minimum Gasteiger partial charge on any atom is -0.463 e. The fourth-order valence-electron chi connectivity index (χ4n) is 5.91. The van der Waals surface area contributed by atoms with E-state index in [2.05, 4.69) is 19.2 Å². The normalized spacial score (nSPS) is 13.3. The molecule has 0 aliphatic heterocycles. The number of phosphoric ester groups is 1. The van der Waals surface area contributed by atoms with E-state index in [1.54, 1.807) is 0 Å². The van der Waals surface area contributed by atoms with Crippen molar-refractivity contribution in [3.63, 3.8) is 0 Å². The third-order valence-corrected chi connectivity index (χ3v) is 10.0.